The summed E-state index contributed by atoms with van der Waals surface area (Å²) in [4.78, 5) is 0. The average molecular weight is 273 g/mol. The van der Waals surface area contributed by atoms with Crippen LogP contribution in [0.5, 0.6) is 5.75 Å². The Kier molecular flexibility index (Phi) is 3.48. The number of phenols is 1. The van der Waals surface area contributed by atoms with E-state index >= 15 is 0 Å². The van der Waals surface area contributed by atoms with Crippen LogP contribution in [-0.4, -0.2) is 13.5 Å². The fourth-order valence-electron chi connectivity index (χ4n) is 1.11. The first kappa shape index (κ1) is 12.5. The van der Waals surface area contributed by atoms with Gasteiger partial charge in [0.25, 0.3) is 0 Å². The van der Waals surface area contributed by atoms with Crippen molar-refractivity contribution in [1.82, 2.24) is 0 Å². The van der Waals surface area contributed by atoms with Crippen molar-refractivity contribution in [3.8, 4) is 5.75 Å². The maximum atomic E-state index is 13.3. The molecule has 0 aromatic heterocycles. The zero-order valence-electron chi connectivity index (χ0n) is 7.59. The molecule has 84 valence electrons. The number of phenolic OH excluding ortho intramolecular Hbond substituents is 1. The lowest BCUT2D eigenvalue weighted by Gasteiger charge is -2.07. The molecule has 1 N–H and O–H groups in total. The van der Waals surface area contributed by atoms with Crippen LogP contribution in [0.1, 0.15) is 11.1 Å². The normalized spacial score (nSPS) is 11.7. The van der Waals surface area contributed by atoms with Crippen molar-refractivity contribution in [2.24, 2.45) is 0 Å². The lowest BCUT2D eigenvalue weighted by molar-refractivity contribution is 0.429. The van der Waals surface area contributed by atoms with Gasteiger partial charge in [0.2, 0.25) is 9.05 Å². The maximum Gasteiger partial charge on any atom is 0.236 e. The standard InChI is InChI=1S/C8H7Cl2FO3S/c1-4-2-5(3-15(10,13)14)7(11)8(12)6(4)9/h2,12H,3H2,1H3. The Morgan fingerprint density at radius 2 is 2.07 bits per heavy atom. The van der Waals surface area contributed by atoms with Crippen LogP contribution < -0.4 is 0 Å². The highest BCUT2D eigenvalue weighted by atomic mass is 35.7. The molecule has 0 aliphatic carbocycles. The molecule has 1 rings (SSSR count). The predicted molar refractivity (Wildman–Crippen MR) is 56.3 cm³/mol. The fraction of sp³-hybridized carbons (Fsp3) is 0.250. The van der Waals surface area contributed by atoms with Crippen LogP contribution in [0.3, 0.4) is 0 Å². The highest BCUT2D eigenvalue weighted by Gasteiger charge is 2.18. The van der Waals surface area contributed by atoms with Crippen LogP contribution >= 0.6 is 22.3 Å². The van der Waals surface area contributed by atoms with Crippen LogP contribution in [0.25, 0.3) is 0 Å². The molecule has 0 aliphatic rings. The van der Waals surface area contributed by atoms with E-state index in [9.17, 15) is 17.9 Å². The molecule has 0 saturated heterocycles. The zero-order chi connectivity index (χ0) is 11.8. The van der Waals surface area contributed by atoms with Gasteiger partial charge in [-0.3, -0.25) is 0 Å². The second-order valence-corrected chi connectivity index (χ2v) is 6.17. The van der Waals surface area contributed by atoms with Crippen molar-refractivity contribution in [3.63, 3.8) is 0 Å². The fourth-order valence-corrected chi connectivity index (χ4v) is 2.19. The Balaban J connectivity index is 3.33. The molecule has 3 nitrogen and oxygen atoms in total. The molecule has 1 aromatic rings. The van der Waals surface area contributed by atoms with E-state index in [0.717, 1.165) is 0 Å². The summed E-state index contributed by atoms with van der Waals surface area (Å²) >= 11 is 5.55. The number of aromatic hydroxyl groups is 1. The van der Waals surface area contributed by atoms with E-state index in [1.165, 1.54) is 13.0 Å². The van der Waals surface area contributed by atoms with Crippen LogP contribution in [0, 0.1) is 12.7 Å². The molecule has 0 aliphatic heterocycles. The molecule has 0 atom stereocenters. The summed E-state index contributed by atoms with van der Waals surface area (Å²) in [7, 11) is 1.11. The third-order valence-electron chi connectivity index (χ3n) is 1.76. The van der Waals surface area contributed by atoms with Gasteiger partial charge in [0, 0.05) is 16.2 Å². The van der Waals surface area contributed by atoms with E-state index in [2.05, 4.69) is 0 Å². The molecule has 0 amide bonds. The van der Waals surface area contributed by atoms with Gasteiger partial charge in [-0.05, 0) is 12.5 Å². The molecule has 15 heavy (non-hydrogen) atoms. The van der Waals surface area contributed by atoms with Crippen molar-refractivity contribution >= 4 is 31.3 Å². The minimum atomic E-state index is -3.87. The third-order valence-corrected chi connectivity index (χ3v) is 3.22. The van der Waals surface area contributed by atoms with Gasteiger partial charge < -0.3 is 5.11 Å². The molecule has 1 aromatic carbocycles. The van der Waals surface area contributed by atoms with Gasteiger partial charge in [0.05, 0.1) is 10.8 Å². The highest BCUT2D eigenvalue weighted by molar-refractivity contribution is 8.13. The van der Waals surface area contributed by atoms with E-state index in [1.807, 2.05) is 0 Å². The van der Waals surface area contributed by atoms with E-state index in [4.69, 9.17) is 22.3 Å². The Bertz CT molecular complexity index is 499. The maximum absolute atomic E-state index is 13.3. The zero-order valence-corrected chi connectivity index (χ0v) is 9.92. The Labute approximate surface area is 95.9 Å². The van der Waals surface area contributed by atoms with Crippen molar-refractivity contribution in [1.29, 1.82) is 0 Å². The van der Waals surface area contributed by atoms with E-state index in [1.54, 1.807) is 0 Å². The summed E-state index contributed by atoms with van der Waals surface area (Å²) in [6.07, 6.45) is 0. The van der Waals surface area contributed by atoms with E-state index < -0.39 is 26.4 Å². The Morgan fingerprint density at radius 3 is 2.53 bits per heavy atom. The molecule has 7 heteroatoms. The Hall–Kier alpha value is -0.520. The molecule has 0 saturated carbocycles. The van der Waals surface area contributed by atoms with Gasteiger partial charge in [-0.15, -0.1) is 0 Å². The lowest BCUT2D eigenvalue weighted by Crippen LogP contribution is -2.00. The molecule has 0 bridgehead atoms. The van der Waals surface area contributed by atoms with Crippen LogP contribution in [0.2, 0.25) is 5.02 Å². The number of aryl methyl sites for hydroxylation is 1. The average Bonchev–Trinajstić information content (AvgIpc) is 2.08. The number of halogens is 3. The van der Waals surface area contributed by atoms with Gasteiger partial charge in [0.15, 0.2) is 11.6 Å². The molecular formula is C8H7Cl2FO3S. The molecule has 0 spiro atoms. The minimum Gasteiger partial charge on any atom is -0.504 e. The van der Waals surface area contributed by atoms with Gasteiger partial charge in [0.1, 0.15) is 0 Å². The number of hydrogen-bond donors (Lipinski definition) is 1. The molecule has 0 fully saturated rings. The highest BCUT2D eigenvalue weighted by Crippen LogP contribution is 2.33. The SMILES string of the molecule is Cc1cc(CS(=O)(=O)Cl)c(F)c(O)c1Cl. The monoisotopic (exact) mass is 272 g/mol. The minimum absolute atomic E-state index is 0.136. The summed E-state index contributed by atoms with van der Waals surface area (Å²) < 4.78 is 34.8. The first-order valence-electron chi connectivity index (χ1n) is 3.81. The van der Waals surface area contributed by atoms with Crippen LogP contribution in [0.4, 0.5) is 4.39 Å². The van der Waals surface area contributed by atoms with Crippen molar-refractivity contribution in [2.75, 3.05) is 0 Å². The van der Waals surface area contributed by atoms with Crippen LogP contribution in [-0.2, 0) is 14.8 Å². The largest absolute Gasteiger partial charge is 0.504 e. The second kappa shape index (κ2) is 4.15. The Morgan fingerprint density at radius 1 is 1.53 bits per heavy atom. The van der Waals surface area contributed by atoms with Gasteiger partial charge >= 0.3 is 0 Å². The predicted octanol–water partition coefficient (Wildman–Crippen LogP) is 2.56. The summed E-state index contributed by atoms with van der Waals surface area (Å²) in [5.41, 5.74) is 0.176. The summed E-state index contributed by atoms with van der Waals surface area (Å²) in [5.74, 6) is -2.51. The van der Waals surface area contributed by atoms with E-state index in [0.29, 0.717) is 5.56 Å². The smallest absolute Gasteiger partial charge is 0.236 e. The summed E-state index contributed by atoms with van der Waals surface area (Å²) in [5, 5.41) is 9.08. The lowest BCUT2D eigenvalue weighted by atomic mass is 10.1. The first-order valence-corrected chi connectivity index (χ1v) is 6.67. The molecule has 0 unspecified atom stereocenters. The van der Waals surface area contributed by atoms with Crippen molar-refractivity contribution in [3.05, 3.63) is 28.0 Å². The summed E-state index contributed by atoms with van der Waals surface area (Å²) in [6, 6.07) is 1.23. The van der Waals surface area contributed by atoms with Crippen LogP contribution in [0.15, 0.2) is 6.07 Å². The van der Waals surface area contributed by atoms with Gasteiger partial charge in [-0.2, -0.15) is 0 Å². The number of hydrogen-bond acceptors (Lipinski definition) is 3. The number of rotatable bonds is 2. The van der Waals surface area contributed by atoms with E-state index in [-0.39, 0.29) is 10.6 Å². The third kappa shape index (κ3) is 2.96. The quantitative estimate of drug-likeness (QED) is 0.842. The number of benzene rings is 1. The van der Waals surface area contributed by atoms with Gasteiger partial charge in [-0.25, -0.2) is 12.8 Å². The van der Waals surface area contributed by atoms with Crippen molar-refractivity contribution in [2.45, 2.75) is 12.7 Å². The molecule has 0 heterocycles. The summed E-state index contributed by atoms with van der Waals surface area (Å²) in [6.45, 7) is 1.52. The first-order chi connectivity index (χ1) is 6.72. The topological polar surface area (TPSA) is 54.4 Å². The molecule has 0 radical (unpaired) electrons. The van der Waals surface area contributed by atoms with Crippen molar-refractivity contribution < 1.29 is 17.9 Å². The second-order valence-electron chi connectivity index (χ2n) is 3.01. The molecular weight excluding hydrogens is 266 g/mol. The van der Waals surface area contributed by atoms with Gasteiger partial charge in [-0.1, -0.05) is 17.7 Å².